The largest absolute Gasteiger partial charge is 1.00 e. The molecule has 0 bridgehead atoms. The first kappa shape index (κ1) is 17.8. The molecule has 0 atom stereocenters. The van der Waals surface area contributed by atoms with E-state index in [0.29, 0.717) is 30.8 Å². The van der Waals surface area contributed by atoms with Crippen LogP contribution in [0.5, 0.6) is 11.5 Å². The lowest BCUT2D eigenvalue weighted by atomic mass is 10.2. The Kier molecular flexibility index (Phi) is 6.66. The van der Waals surface area contributed by atoms with E-state index in [2.05, 4.69) is 0 Å². The van der Waals surface area contributed by atoms with Crippen molar-refractivity contribution in [3.05, 3.63) is 53.9 Å². The van der Waals surface area contributed by atoms with E-state index in [0.717, 1.165) is 0 Å². The van der Waals surface area contributed by atoms with E-state index in [1.54, 1.807) is 42.0 Å². The average Bonchev–Trinajstić information content (AvgIpc) is 2.51. The minimum atomic E-state index is -0.342. The number of ether oxygens (including phenoxy) is 1. The Labute approximate surface area is 135 Å². The molecule has 0 saturated carbocycles. The number of carbonyl (C=O) groups is 1. The van der Waals surface area contributed by atoms with E-state index in [1.807, 2.05) is 6.07 Å². The molecule has 6 heteroatoms. The van der Waals surface area contributed by atoms with Gasteiger partial charge in [0.05, 0.1) is 12.2 Å². The molecular formula is C16H18ClNO4. The summed E-state index contributed by atoms with van der Waals surface area (Å²) in [4.78, 5) is 11.7. The van der Waals surface area contributed by atoms with Crippen molar-refractivity contribution in [1.29, 1.82) is 0 Å². The highest BCUT2D eigenvalue weighted by Gasteiger charge is 2.15. The summed E-state index contributed by atoms with van der Waals surface area (Å²) >= 11 is 0. The Morgan fingerprint density at radius 2 is 1.86 bits per heavy atom. The second-order valence-electron chi connectivity index (χ2n) is 4.68. The smallest absolute Gasteiger partial charge is 0.338 e. The number of halogens is 1. The van der Waals surface area contributed by atoms with Crippen LogP contribution in [0.1, 0.15) is 22.5 Å². The van der Waals surface area contributed by atoms with E-state index < -0.39 is 0 Å². The molecule has 5 nitrogen and oxygen atoms in total. The zero-order chi connectivity index (χ0) is 15.2. The van der Waals surface area contributed by atoms with E-state index in [4.69, 9.17) is 4.74 Å². The van der Waals surface area contributed by atoms with Gasteiger partial charge in [-0.2, -0.15) is 4.57 Å². The van der Waals surface area contributed by atoms with E-state index in [1.165, 1.54) is 6.07 Å². The molecule has 1 aromatic carbocycles. The molecule has 0 aliphatic rings. The first-order valence-corrected chi connectivity index (χ1v) is 6.72. The van der Waals surface area contributed by atoms with Gasteiger partial charge in [0.1, 0.15) is 0 Å². The highest BCUT2D eigenvalue weighted by molar-refractivity contribution is 5.89. The summed E-state index contributed by atoms with van der Waals surface area (Å²) in [5.74, 6) is -0.607. The summed E-state index contributed by atoms with van der Waals surface area (Å²) in [5, 5.41) is 19.0. The van der Waals surface area contributed by atoms with E-state index in [9.17, 15) is 15.0 Å². The fourth-order valence-electron chi connectivity index (χ4n) is 1.97. The van der Waals surface area contributed by atoms with Crippen molar-refractivity contribution in [2.45, 2.75) is 19.9 Å². The highest BCUT2D eigenvalue weighted by Crippen LogP contribution is 2.24. The highest BCUT2D eigenvalue weighted by atomic mass is 35.5. The third-order valence-electron chi connectivity index (χ3n) is 3.21. The number of hydrogen-bond acceptors (Lipinski definition) is 4. The van der Waals surface area contributed by atoms with Crippen molar-refractivity contribution >= 4 is 5.97 Å². The standard InChI is InChI=1S/C16H17NO4.ClH/c1-12-15(19)14(18)8-10-17(12)9-5-11-21-16(20)13-6-3-2-4-7-13;/h2-4,6-8,10,19H,5,9,11H2,1H3;1H. The van der Waals surface area contributed by atoms with Gasteiger partial charge in [-0.15, -0.1) is 0 Å². The molecule has 2 aromatic rings. The number of aryl methyl sites for hydroxylation is 1. The number of rotatable bonds is 5. The van der Waals surface area contributed by atoms with Crippen LogP contribution in [0.15, 0.2) is 42.6 Å². The summed E-state index contributed by atoms with van der Waals surface area (Å²) in [7, 11) is 0. The maximum absolute atomic E-state index is 11.7. The molecule has 1 aromatic heterocycles. The first-order chi connectivity index (χ1) is 10.1. The Bertz CT molecular complexity index is 632. The molecule has 0 aliphatic carbocycles. The van der Waals surface area contributed by atoms with Gasteiger partial charge in [0.25, 0.3) is 0 Å². The van der Waals surface area contributed by atoms with Crippen LogP contribution in [0.4, 0.5) is 0 Å². The quantitative estimate of drug-likeness (QED) is 0.418. The SMILES string of the molecule is Cc1c(O)c(O)cc[n+]1CCCOC(=O)c1ccccc1.[Cl-]. The third-order valence-corrected chi connectivity index (χ3v) is 3.21. The molecule has 0 aliphatic heterocycles. The molecule has 118 valence electrons. The molecule has 22 heavy (non-hydrogen) atoms. The minimum absolute atomic E-state index is 0. The van der Waals surface area contributed by atoms with E-state index in [-0.39, 0.29) is 29.9 Å². The zero-order valence-corrected chi connectivity index (χ0v) is 13.0. The summed E-state index contributed by atoms with van der Waals surface area (Å²) in [6, 6.07) is 10.3. The Hall–Kier alpha value is -2.27. The second-order valence-corrected chi connectivity index (χ2v) is 4.68. The summed E-state index contributed by atoms with van der Waals surface area (Å²) in [6.45, 7) is 2.59. The van der Waals surface area contributed by atoms with Gasteiger partial charge in [0, 0.05) is 19.4 Å². The molecule has 0 saturated heterocycles. The van der Waals surface area contributed by atoms with Crippen LogP contribution in [-0.2, 0) is 11.3 Å². The van der Waals surface area contributed by atoms with Crippen LogP contribution in [0.2, 0.25) is 0 Å². The number of nitrogens with zero attached hydrogens (tertiary/aromatic N) is 1. The number of hydrogen-bond donors (Lipinski definition) is 2. The van der Waals surface area contributed by atoms with Gasteiger partial charge >= 0.3 is 5.97 Å². The van der Waals surface area contributed by atoms with Crippen molar-refractivity contribution < 1.29 is 36.7 Å². The van der Waals surface area contributed by atoms with Gasteiger partial charge in [0.2, 0.25) is 11.4 Å². The molecule has 1 heterocycles. The molecule has 2 rings (SSSR count). The van der Waals surface area contributed by atoms with Gasteiger partial charge in [-0.1, -0.05) is 18.2 Å². The maximum atomic E-state index is 11.7. The number of aromatic hydroxyl groups is 2. The van der Waals surface area contributed by atoms with Gasteiger partial charge < -0.3 is 27.4 Å². The molecule has 0 radical (unpaired) electrons. The van der Waals surface area contributed by atoms with Crippen LogP contribution < -0.4 is 17.0 Å². The fourth-order valence-corrected chi connectivity index (χ4v) is 1.97. The van der Waals surface area contributed by atoms with Crippen molar-refractivity contribution in [3.8, 4) is 11.5 Å². The molecular weight excluding hydrogens is 306 g/mol. The zero-order valence-electron chi connectivity index (χ0n) is 12.2. The van der Waals surface area contributed by atoms with Crippen LogP contribution >= 0.6 is 0 Å². The Morgan fingerprint density at radius 3 is 2.55 bits per heavy atom. The topological polar surface area (TPSA) is 70.6 Å². The number of esters is 1. The minimum Gasteiger partial charge on any atom is -1.00 e. The van der Waals surface area contributed by atoms with Gasteiger partial charge in [-0.25, -0.2) is 4.79 Å². The van der Waals surface area contributed by atoms with Gasteiger partial charge in [-0.3, -0.25) is 0 Å². The third kappa shape index (κ3) is 4.36. The molecule has 0 amide bonds. The van der Waals surface area contributed by atoms with Crippen molar-refractivity contribution in [1.82, 2.24) is 0 Å². The number of aromatic nitrogens is 1. The predicted octanol–water partition coefficient (Wildman–Crippen LogP) is -1.06. The normalized spacial score (nSPS) is 9.86. The number of pyridine rings is 1. The fraction of sp³-hybridized carbons (Fsp3) is 0.250. The predicted molar refractivity (Wildman–Crippen MR) is 76.0 cm³/mol. The van der Waals surface area contributed by atoms with Crippen molar-refractivity contribution in [2.75, 3.05) is 6.61 Å². The summed E-state index contributed by atoms with van der Waals surface area (Å²) in [5.41, 5.74) is 1.10. The Morgan fingerprint density at radius 1 is 1.18 bits per heavy atom. The van der Waals surface area contributed by atoms with Crippen LogP contribution in [0.3, 0.4) is 0 Å². The second kappa shape index (κ2) is 8.24. The molecule has 0 fully saturated rings. The van der Waals surface area contributed by atoms with Gasteiger partial charge in [0.15, 0.2) is 18.5 Å². The van der Waals surface area contributed by atoms with E-state index >= 15 is 0 Å². The Balaban J connectivity index is 0.00000242. The monoisotopic (exact) mass is 323 g/mol. The molecule has 0 unspecified atom stereocenters. The van der Waals surface area contributed by atoms with Crippen LogP contribution in [0.25, 0.3) is 0 Å². The summed E-state index contributed by atoms with van der Waals surface area (Å²) < 4.78 is 6.98. The lowest BCUT2D eigenvalue weighted by Crippen LogP contribution is -3.00. The van der Waals surface area contributed by atoms with Crippen LogP contribution in [-0.4, -0.2) is 22.8 Å². The molecule has 0 spiro atoms. The van der Waals surface area contributed by atoms with Gasteiger partial charge in [-0.05, 0) is 12.1 Å². The maximum Gasteiger partial charge on any atom is 0.338 e. The summed E-state index contributed by atoms with van der Waals surface area (Å²) in [6.07, 6.45) is 2.30. The lowest BCUT2D eigenvalue weighted by molar-refractivity contribution is -0.703. The van der Waals surface area contributed by atoms with Crippen LogP contribution in [0, 0.1) is 6.92 Å². The number of carbonyl (C=O) groups excluding carboxylic acids is 1. The van der Waals surface area contributed by atoms with Crippen molar-refractivity contribution in [3.63, 3.8) is 0 Å². The lowest BCUT2D eigenvalue weighted by Gasteiger charge is -2.05. The number of benzene rings is 1. The average molecular weight is 324 g/mol. The molecule has 2 N–H and O–H groups in total. The van der Waals surface area contributed by atoms with Crippen molar-refractivity contribution in [2.24, 2.45) is 0 Å². The first-order valence-electron chi connectivity index (χ1n) is 6.72.